The minimum absolute atomic E-state index is 0.0289. The van der Waals surface area contributed by atoms with Crippen molar-refractivity contribution in [2.24, 2.45) is 0 Å². The number of hydrogen-bond donors (Lipinski definition) is 0. The number of ketones is 1. The third kappa shape index (κ3) is 2.71. The number of hydrogen-bond acceptors (Lipinski definition) is 1. The monoisotopic (exact) mass is 286 g/mol. The Morgan fingerprint density at radius 1 is 1.06 bits per heavy atom. The lowest BCUT2D eigenvalue weighted by Gasteiger charge is -2.02. The Morgan fingerprint density at radius 3 is 2.41 bits per heavy atom. The zero-order valence-electron chi connectivity index (χ0n) is 9.19. The van der Waals surface area contributed by atoms with Crippen molar-refractivity contribution in [3.63, 3.8) is 0 Å². The summed E-state index contributed by atoms with van der Waals surface area (Å²) < 4.78 is 0.967. The summed E-state index contributed by atoms with van der Waals surface area (Å²) in [5.41, 5.74) is 2.33. The Labute approximate surface area is 109 Å². The molecule has 2 aromatic carbocycles. The Bertz CT molecular complexity index is 555. The molecule has 1 nitrogen and oxygen atoms in total. The van der Waals surface area contributed by atoms with Crippen molar-refractivity contribution in [2.75, 3.05) is 0 Å². The van der Waals surface area contributed by atoms with Crippen LogP contribution in [0.4, 0.5) is 0 Å². The van der Waals surface area contributed by atoms with Crippen molar-refractivity contribution >= 4 is 27.8 Å². The summed E-state index contributed by atoms with van der Waals surface area (Å²) in [5.74, 6) is 0.0289. The van der Waals surface area contributed by atoms with E-state index in [1.807, 2.05) is 48.5 Å². The van der Waals surface area contributed by atoms with Gasteiger partial charge in [-0.05, 0) is 35.9 Å². The van der Waals surface area contributed by atoms with Gasteiger partial charge in [-0.1, -0.05) is 46.8 Å². The predicted octanol–water partition coefficient (Wildman–Crippen LogP) is 4.32. The lowest BCUT2D eigenvalue weighted by atomic mass is 10.0. The molecule has 0 unspecified atom stereocenters. The van der Waals surface area contributed by atoms with Crippen LogP contribution in [0.15, 0.2) is 59.6 Å². The fraction of sp³-hybridized carbons (Fsp3) is 0. The zero-order valence-corrected chi connectivity index (χ0v) is 10.8. The van der Waals surface area contributed by atoms with Gasteiger partial charge in [-0.3, -0.25) is 4.79 Å². The molecule has 0 saturated heterocycles. The largest absolute Gasteiger partial charge is 0.289 e. The van der Waals surface area contributed by atoms with Gasteiger partial charge in [-0.2, -0.15) is 0 Å². The van der Waals surface area contributed by atoms with Gasteiger partial charge >= 0.3 is 0 Å². The molecule has 0 heterocycles. The maximum atomic E-state index is 12.2. The van der Waals surface area contributed by atoms with E-state index in [0.717, 1.165) is 10.0 Å². The van der Waals surface area contributed by atoms with Crippen molar-refractivity contribution < 1.29 is 4.79 Å². The molecular formula is C15H11BrO. The highest BCUT2D eigenvalue weighted by Gasteiger charge is 2.08. The highest BCUT2D eigenvalue weighted by Crippen LogP contribution is 2.15. The molecule has 0 aromatic heterocycles. The van der Waals surface area contributed by atoms with E-state index < -0.39 is 0 Å². The smallest absolute Gasteiger partial charge is 0.193 e. The molecule has 84 valence electrons. The van der Waals surface area contributed by atoms with Crippen LogP contribution in [0.3, 0.4) is 0 Å². The minimum atomic E-state index is 0.0289. The molecule has 0 amide bonds. The van der Waals surface area contributed by atoms with Gasteiger partial charge in [0.25, 0.3) is 0 Å². The molecule has 0 atom stereocenters. The lowest BCUT2D eigenvalue weighted by Crippen LogP contribution is -2.00. The summed E-state index contributed by atoms with van der Waals surface area (Å²) in [7, 11) is 0. The van der Waals surface area contributed by atoms with Crippen molar-refractivity contribution in [1.29, 1.82) is 0 Å². The first-order valence-corrected chi connectivity index (χ1v) is 6.03. The van der Waals surface area contributed by atoms with Gasteiger partial charge in [0, 0.05) is 15.6 Å². The Kier molecular flexibility index (Phi) is 3.55. The molecule has 0 aliphatic rings. The van der Waals surface area contributed by atoms with Gasteiger partial charge in [0.1, 0.15) is 0 Å². The average molecular weight is 287 g/mol. The van der Waals surface area contributed by atoms with E-state index in [2.05, 4.69) is 22.5 Å². The Balaban J connectivity index is 2.36. The molecule has 0 N–H and O–H groups in total. The number of benzene rings is 2. The van der Waals surface area contributed by atoms with Crippen LogP contribution in [0.1, 0.15) is 21.5 Å². The summed E-state index contributed by atoms with van der Waals surface area (Å²) >= 11 is 3.35. The first kappa shape index (κ1) is 11.8. The topological polar surface area (TPSA) is 17.1 Å². The number of halogens is 1. The molecule has 0 aliphatic heterocycles. The van der Waals surface area contributed by atoms with Crippen LogP contribution in [0.5, 0.6) is 0 Å². The molecule has 2 rings (SSSR count). The minimum Gasteiger partial charge on any atom is -0.289 e. The van der Waals surface area contributed by atoms with Gasteiger partial charge in [0.15, 0.2) is 5.78 Å². The van der Waals surface area contributed by atoms with Gasteiger partial charge < -0.3 is 0 Å². The van der Waals surface area contributed by atoms with E-state index >= 15 is 0 Å². The third-order valence-corrected chi connectivity index (χ3v) is 3.02. The average Bonchev–Trinajstić information content (AvgIpc) is 2.39. The fourth-order valence-corrected chi connectivity index (χ4v) is 1.84. The highest BCUT2D eigenvalue weighted by atomic mass is 79.9. The Morgan fingerprint density at radius 2 is 1.76 bits per heavy atom. The molecular weight excluding hydrogens is 276 g/mol. The number of rotatable bonds is 3. The maximum Gasteiger partial charge on any atom is 0.193 e. The van der Waals surface area contributed by atoms with Crippen LogP contribution in [0, 0.1) is 0 Å². The quantitative estimate of drug-likeness (QED) is 0.768. The standard InChI is InChI=1S/C15H11BrO/c1-2-11-4-3-5-13(10-11)15(17)12-6-8-14(16)9-7-12/h2-10H,1H2. The van der Waals surface area contributed by atoms with Crippen LogP contribution in [0.25, 0.3) is 6.08 Å². The van der Waals surface area contributed by atoms with E-state index in [4.69, 9.17) is 0 Å². The predicted molar refractivity (Wildman–Crippen MR) is 74.1 cm³/mol. The zero-order chi connectivity index (χ0) is 12.3. The van der Waals surface area contributed by atoms with Crippen molar-refractivity contribution in [3.05, 3.63) is 76.3 Å². The number of carbonyl (C=O) groups is 1. The summed E-state index contributed by atoms with van der Waals surface area (Å²) in [6.07, 6.45) is 1.73. The summed E-state index contributed by atoms with van der Waals surface area (Å²) in [6.45, 7) is 3.70. The second kappa shape index (κ2) is 5.11. The van der Waals surface area contributed by atoms with Crippen LogP contribution >= 0.6 is 15.9 Å². The molecule has 0 fully saturated rings. The number of carbonyl (C=O) groups excluding carboxylic acids is 1. The van der Waals surface area contributed by atoms with Crippen molar-refractivity contribution in [1.82, 2.24) is 0 Å². The van der Waals surface area contributed by atoms with Crippen molar-refractivity contribution in [2.45, 2.75) is 0 Å². The molecule has 0 spiro atoms. The summed E-state index contributed by atoms with van der Waals surface area (Å²) in [4.78, 5) is 12.2. The highest BCUT2D eigenvalue weighted by molar-refractivity contribution is 9.10. The molecule has 0 aliphatic carbocycles. The van der Waals surface area contributed by atoms with E-state index in [-0.39, 0.29) is 5.78 Å². The first-order chi connectivity index (χ1) is 8.20. The second-order valence-corrected chi connectivity index (χ2v) is 4.58. The van der Waals surface area contributed by atoms with Gasteiger partial charge in [-0.25, -0.2) is 0 Å². The van der Waals surface area contributed by atoms with Crippen LogP contribution in [-0.4, -0.2) is 5.78 Å². The Hall–Kier alpha value is -1.67. The fourth-order valence-electron chi connectivity index (χ4n) is 1.57. The summed E-state index contributed by atoms with van der Waals surface area (Å²) in [6, 6.07) is 14.8. The molecule has 2 aromatic rings. The summed E-state index contributed by atoms with van der Waals surface area (Å²) in [5, 5.41) is 0. The first-order valence-electron chi connectivity index (χ1n) is 5.23. The SMILES string of the molecule is C=Cc1cccc(C(=O)c2ccc(Br)cc2)c1. The van der Waals surface area contributed by atoms with E-state index in [9.17, 15) is 4.79 Å². The molecule has 0 saturated carbocycles. The van der Waals surface area contributed by atoms with Crippen LogP contribution < -0.4 is 0 Å². The normalized spacial score (nSPS) is 9.94. The second-order valence-electron chi connectivity index (χ2n) is 3.67. The van der Waals surface area contributed by atoms with Gasteiger partial charge in [0.05, 0.1) is 0 Å². The lowest BCUT2D eigenvalue weighted by molar-refractivity contribution is 0.103. The third-order valence-electron chi connectivity index (χ3n) is 2.49. The van der Waals surface area contributed by atoms with Gasteiger partial charge in [0.2, 0.25) is 0 Å². The van der Waals surface area contributed by atoms with Crippen molar-refractivity contribution in [3.8, 4) is 0 Å². The maximum absolute atomic E-state index is 12.2. The van der Waals surface area contributed by atoms with E-state index in [1.165, 1.54) is 0 Å². The van der Waals surface area contributed by atoms with E-state index in [0.29, 0.717) is 11.1 Å². The molecule has 17 heavy (non-hydrogen) atoms. The van der Waals surface area contributed by atoms with Crippen LogP contribution in [0.2, 0.25) is 0 Å². The van der Waals surface area contributed by atoms with Gasteiger partial charge in [-0.15, -0.1) is 0 Å². The van der Waals surface area contributed by atoms with Crippen LogP contribution in [-0.2, 0) is 0 Å². The molecule has 2 heteroatoms. The molecule has 0 radical (unpaired) electrons. The molecule has 0 bridgehead atoms. The van der Waals surface area contributed by atoms with E-state index in [1.54, 1.807) is 6.08 Å².